The van der Waals surface area contributed by atoms with Crippen LogP contribution in [0.5, 0.6) is 0 Å². The lowest BCUT2D eigenvalue weighted by molar-refractivity contribution is 0.668. The average Bonchev–Trinajstić information content (AvgIpc) is 4.25. The fourth-order valence-electron chi connectivity index (χ4n) is 11.2. The molecule has 0 aliphatic rings. The second-order valence-electron chi connectivity index (χ2n) is 18.3. The molecule has 8 nitrogen and oxygen atoms in total. The van der Waals surface area contributed by atoms with Gasteiger partial charge in [0.15, 0.2) is 17.5 Å². The summed E-state index contributed by atoms with van der Waals surface area (Å²) in [5.41, 5.74) is 14.2. The molecule has 0 unspecified atom stereocenters. The van der Waals surface area contributed by atoms with Gasteiger partial charge in [-0.3, -0.25) is 0 Å². The third kappa shape index (κ3) is 5.52. The first-order valence-corrected chi connectivity index (χ1v) is 23.7. The van der Waals surface area contributed by atoms with E-state index in [2.05, 4.69) is 161 Å². The molecule has 0 amide bonds. The molecular formula is C63H35N5O3. The summed E-state index contributed by atoms with van der Waals surface area (Å²) in [4.78, 5) is 15.5. The van der Waals surface area contributed by atoms with Crippen LogP contribution in [0.25, 0.3) is 155 Å². The van der Waals surface area contributed by atoms with E-state index in [4.69, 9.17) is 28.2 Å². The molecule has 0 saturated heterocycles. The molecule has 71 heavy (non-hydrogen) atoms. The molecule has 0 fully saturated rings. The van der Waals surface area contributed by atoms with Crippen molar-refractivity contribution in [3.8, 4) is 45.5 Å². The van der Waals surface area contributed by atoms with E-state index < -0.39 is 0 Å². The molecule has 8 heteroatoms. The van der Waals surface area contributed by atoms with Gasteiger partial charge in [0.1, 0.15) is 33.5 Å². The van der Waals surface area contributed by atoms with Crippen molar-refractivity contribution in [2.45, 2.75) is 0 Å². The first-order valence-electron chi connectivity index (χ1n) is 23.7. The van der Waals surface area contributed by atoms with Crippen LogP contribution in [0.2, 0.25) is 0 Å². The second kappa shape index (κ2) is 14.4. The molecule has 0 saturated carbocycles. The Bertz CT molecular complexity index is 4750. The van der Waals surface area contributed by atoms with Crippen molar-refractivity contribution >= 4 is 109 Å². The summed E-state index contributed by atoms with van der Waals surface area (Å²) < 4.78 is 24.3. The Kier molecular flexibility index (Phi) is 7.73. The lowest BCUT2D eigenvalue weighted by Gasteiger charge is -2.11. The van der Waals surface area contributed by atoms with E-state index in [0.29, 0.717) is 17.5 Å². The van der Waals surface area contributed by atoms with Gasteiger partial charge in [-0.25, -0.2) is 15.0 Å². The maximum atomic E-state index is 7.19. The van der Waals surface area contributed by atoms with Crippen LogP contribution in [0.15, 0.2) is 226 Å². The third-order valence-corrected chi connectivity index (χ3v) is 14.4. The maximum Gasteiger partial charge on any atom is 0.164 e. The number of rotatable bonds is 5. The Hall–Kier alpha value is -9.79. The van der Waals surface area contributed by atoms with E-state index in [9.17, 15) is 0 Å². The van der Waals surface area contributed by atoms with Gasteiger partial charge in [0.05, 0.1) is 32.8 Å². The van der Waals surface area contributed by atoms with Crippen molar-refractivity contribution < 1.29 is 13.3 Å². The maximum absolute atomic E-state index is 7.19. The number of aromatic nitrogens is 5. The van der Waals surface area contributed by atoms with Gasteiger partial charge >= 0.3 is 0 Å². The number of nitrogens with zero attached hydrogens (tertiary/aromatic N) is 5. The monoisotopic (exact) mass is 909 g/mol. The van der Waals surface area contributed by atoms with Gasteiger partial charge < -0.3 is 22.4 Å². The van der Waals surface area contributed by atoms with Gasteiger partial charge in [0.2, 0.25) is 0 Å². The summed E-state index contributed by atoms with van der Waals surface area (Å²) in [5, 5.41) is 10.8. The van der Waals surface area contributed by atoms with Gasteiger partial charge in [-0.15, -0.1) is 0 Å². The van der Waals surface area contributed by atoms with Crippen LogP contribution in [-0.2, 0) is 0 Å². The number of fused-ring (bicyclic) bond motifs is 17. The Balaban J connectivity index is 0.861. The summed E-state index contributed by atoms with van der Waals surface area (Å²) in [6, 6.07) is 73.7. The van der Waals surface area contributed by atoms with Crippen molar-refractivity contribution in [2.24, 2.45) is 0 Å². The van der Waals surface area contributed by atoms with Gasteiger partial charge in [-0.2, -0.15) is 0 Å². The van der Waals surface area contributed by atoms with Gasteiger partial charge in [0, 0.05) is 71.2 Å². The zero-order valence-electron chi connectivity index (χ0n) is 37.7. The van der Waals surface area contributed by atoms with Gasteiger partial charge in [-0.1, -0.05) is 91.0 Å². The van der Waals surface area contributed by atoms with E-state index in [1.807, 2.05) is 60.7 Å². The van der Waals surface area contributed by atoms with Gasteiger partial charge in [0.25, 0.3) is 0 Å². The molecule has 0 aliphatic heterocycles. The average molecular weight is 910 g/mol. The fraction of sp³-hybridized carbons (Fsp3) is 0. The Morgan fingerprint density at radius 1 is 0.268 bits per heavy atom. The molecular weight excluding hydrogens is 875 g/mol. The van der Waals surface area contributed by atoms with Crippen LogP contribution >= 0.6 is 0 Å². The molecule has 0 spiro atoms. The van der Waals surface area contributed by atoms with Crippen molar-refractivity contribution in [3.63, 3.8) is 0 Å². The van der Waals surface area contributed by atoms with Crippen LogP contribution < -0.4 is 0 Å². The highest BCUT2D eigenvalue weighted by Crippen LogP contribution is 2.45. The molecule has 6 aromatic heterocycles. The van der Waals surface area contributed by atoms with E-state index >= 15 is 0 Å². The van der Waals surface area contributed by atoms with E-state index in [0.717, 1.165) is 137 Å². The number of hydrogen-bond acceptors (Lipinski definition) is 6. The quantitative estimate of drug-likeness (QED) is 0.171. The van der Waals surface area contributed by atoms with E-state index in [1.54, 1.807) is 0 Å². The lowest BCUT2D eigenvalue weighted by Crippen LogP contribution is -2.00. The summed E-state index contributed by atoms with van der Waals surface area (Å²) in [6.45, 7) is 0. The predicted molar refractivity (Wildman–Crippen MR) is 287 cm³/mol. The Morgan fingerprint density at radius 3 is 1.20 bits per heavy atom. The molecule has 330 valence electrons. The smallest absolute Gasteiger partial charge is 0.164 e. The molecule has 6 heterocycles. The molecule has 0 N–H and O–H groups in total. The third-order valence-electron chi connectivity index (χ3n) is 14.4. The van der Waals surface area contributed by atoms with Crippen molar-refractivity contribution in [1.29, 1.82) is 0 Å². The number of furan rings is 3. The van der Waals surface area contributed by atoms with Crippen LogP contribution in [0.3, 0.4) is 0 Å². The highest BCUT2D eigenvalue weighted by Gasteiger charge is 2.23. The highest BCUT2D eigenvalue weighted by atomic mass is 16.3. The first kappa shape index (κ1) is 38.2. The summed E-state index contributed by atoms with van der Waals surface area (Å²) in [7, 11) is 0. The van der Waals surface area contributed by atoms with Crippen molar-refractivity contribution in [2.75, 3.05) is 0 Å². The normalized spacial score (nSPS) is 12.2. The first-order chi connectivity index (χ1) is 35.2. The van der Waals surface area contributed by atoms with Crippen LogP contribution in [0.1, 0.15) is 0 Å². The van der Waals surface area contributed by atoms with Crippen LogP contribution in [0.4, 0.5) is 0 Å². The molecule has 0 bridgehead atoms. The van der Waals surface area contributed by atoms with E-state index in [-0.39, 0.29) is 0 Å². The SMILES string of the molecule is c1ccc(-n2c3ccccc3c3c4oc5c(ccc6c5c5ccccc5n6-c5ccc(-c6nc(-c7ccc8oc9ccccc9c8c7)nc(-c7ccc8oc9ccccc9c8c7)n6)cc5)c4ccc32)cc1. The molecule has 16 aromatic rings. The van der Waals surface area contributed by atoms with Crippen LogP contribution in [0, 0.1) is 0 Å². The lowest BCUT2D eigenvalue weighted by atomic mass is 10.1. The minimum atomic E-state index is 0.567. The molecule has 0 radical (unpaired) electrons. The standard InChI is InChI=1S/C63H35N5O3/c1-2-12-39(13-3-1)67-49-18-8-4-16-45(49)57-51(67)30-28-43-44-29-31-52-58(60(44)71-59(43)57)46-17-5-9-19-50(46)68(52)40-26-22-36(23-27-40)61-64-62(37-24-32-55-47(34-37)41-14-6-10-20-53(41)69-55)66-63(65-61)38-25-33-56-48(35-38)42-15-7-11-21-54(42)70-56/h1-35H. The number of para-hydroxylation sites is 5. The molecule has 0 atom stereocenters. The van der Waals surface area contributed by atoms with Crippen molar-refractivity contribution in [3.05, 3.63) is 212 Å². The molecule has 0 aliphatic carbocycles. The van der Waals surface area contributed by atoms with Crippen molar-refractivity contribution in [1.82, 2.24) is 24.1 Å². The van der Waals surface area contributed by atoms with Crippen LogP contribution in [-0.4, -0.2) is 24.1 Å². The number of benzene rings is 10. The zero-order chi connectivity index (χ0) is 46.3. The summed E-state index contributed by atoms with van der Waals surface area (Å²) >= 11 is 0. The van der Waals surface area contributed by atoms with Gasteiger partial charge in [-0.05, 0) is 121 Å². The minimum absolute atomic E-state index is 0.567. The Labute approximate surface area is 402 Å². The summed E-state index contributed by atoms with van der Waals surface area (Å²) in [5.74, 6) is 1.70. The molecule has 16 rings (SSSR count). The Morgan fingerprint density at radius 2 is 0.676 bits per heavy atom. The summed E-state index contributed by atoms with van der Waals surface area (Å²) in [6.07, 6.45) is 0. The van der Waals surface area contributed by atoms with E-state index in [1.165, 1.54) is 0 Å². The molecule has 10 aromatic carbocycles. The largest absolute Gasteiger partial charge is 0.456 e. The fourth-order valence-corrected chi connectivity index (χ4v) is 11.2. The zero-order valence-corrected chi connectivity index (χ0v) is 37.7. The number of hydrogen-bond donors (Lipinski definition) is 0. The minimum Gasteiger partial charge on any atom is -0.456 e. The predicted octanol–water partition coefficient (Wildman–Crippen LogP) is 16.8. The highest BCUT2D eigenvalue weighted by molar-refractivity contribution is 6.29. The topological polar surface area (TPSA) is 88.0 Å². The second-order valence-corrected chi connectivity index (χ2v) is 18.3.